The van der Waals surface area contributed by atoms with Crippen LogP contribution in [0.2, 0.25) is 0 Å². The van der Waals surface area contributed by atoms with Crippen molar-refractivity contribution < 1.29 is 4.74 Å². The molecule has 1 saturated heterocycles. The van der Waals surface area contributed by atoms with E-state index >= 15 is 0 Å². The highest BCUT2D eigenvalue weighted by Gasteiger charge is 2.13. The average molecular weight is 431 g/mol. The van der Waals surface area contributed by atoms with Crippen molar-refractivity contribution in [2.75, 3.05) is 46.4 Å². The van der Waals surface area contributed by atoms with Crippen molar-refractivity contribution in [1.82, 2.24) is 24.6 Å². The zero-order valence-corrected chi connectivity index (χ0v) is 18.8. The zero-order valence-electron chi connectivity index (χ0n) is 18.8. The van der Waals surface area contributed by atoms with Crippen LogP contribution in [0.1, 0.15) is 12.5 Å². The van der Waals surface area contributed by atoms with E-state index in [0.29, 0.717) is 12.4 Å². The van der Waals surface area contributed by atoms with Gasteiger partial charge in [0.05, 0.1) is 6.20 Å². The lowest BCUT2D eigenvalue weighted by molar-refractivity contribution is 0.134. The Hall–Kier alpha value is -3.29. The largest absolute Gasteiger partial charge is 0.492 e. The molecule has 0 aliphatic carbocycles. The first-order chi connectivity index (χ1) is 15.6. The lowest BCUT2D eigenvalue weighted by Crippen LogP contribution is -2.45. The van der Waals surface area contributed by atoms with E-state index in [4.69, 9.17) is 4.74 Å². The number of aromatic nitrogens is 3. The Balaban J connectivity index is 1.44. The summed E-state index contributed by atoms with van der Waals surface area (Å²) in [4.78, 5) is 13.1. The molecule has 166 valence electrons. The maximum absolute atomic E-state index is 6.04. The van der Waals surface area contributed by atoms with Crippen LogP contribution in [-0.2, 0) is 0 Å². The van der Waals surface area contributed by atoms with E-state index in [1.54, 1.807) is 23.3 Å². The van der Waals surface area contributed by atoms with Crippen LogP contribution in [0.3, 0.4) is 0 Å². The summed E-state index contributed by atoms with van der Waals surface area (Å²) in [6.07, 6.45) is 7.30. The maximum Gasteiger partial charge on any atom is 0.162 e. The minimum absolute atomic E-state index is 0.689. The van der Waals surface area contributed by atoms with Crippen molar-refractivity contribution in [1.29, 1.82) is 0 Å². The van der Waals surface area contributed by atoms with Gasteiger partial charge in [0.15, 0.2) is 5.82 Å². The molecule has 3 heterocycles. The molecule has 1 aliphatic heterocycles. The van der Waals surface area contributed by atoms with Gasteiger partial charge < -0.3 is 9.64 Å². The SMILES string of the molecule is C=Nc1c(-c2ccncc2)cnn1/C=C(\C)c1cccc(OCCN2CCN(C)CC2)c1. The van der Waals surface area contributed by atoms with Gasteiger partial charge in [0.1, 0.15) is 12.4 Å². The number of ether oxygens (including phenoxy) is 1. The molecule has 7 nitrogen and oxygen atoms in total. The summed E-state index contributed by atoms with van der Waals surface area (Å²) in [5, 5.41) is 4.50. The first-order valence-electron chi connectivity index (χ1n) is 10.9. The fourth-order valence-electron chi connectivity index (χ4n) is 3.80. The Labute approximate surface area is 189 Å². The number of allylic oxidation sites excluding steroid dienone is 1. The second-order valence-electron chi connectivity index (χ2n) is 8.05. The van der Waals surface area contributed by atoms with Crippen LogP contribution in [0.5, 0.6) is 5.75 Å². The highest BCUT2D eigenvalue weighted by Crippen LogP contribution is 2.31. The Kier molecular flexibility index (Phi) is 7.09. The monoisotopic (exact) mass is 430 g/mol. The molecule has 1 fully saturated rings. The minimum atomic E-state index is 0.689. The van der Waals surface area contributed by atoms with E-state index < -0.39 is 0 Å². The normalized spacial score (nSPS) is 15.6. The van der Waals surface area contributed by atoms with Gasteiger partial charge in [-0.1, -0.05) is 12.1 Å². The summed E-state index contributed by atoms with van der Waals surface area (Å²) in [5.41, 5.74) is 4.07. The molecule has 1 aromatic carbocycles. The molecule has 7 heteroatoms. The molecule has 3 aromatic rings. The molecule has 0 saturated carbocycles. The number of rotatable bonds is 8. The third-order valence-corrected chi connectivity index (χ3v) is 5.79. The molecular weight excluding hydrogens is 400 g/mol. The fourth-order valence-corrected chi connectivity index (χ4v) is 3.80. The summed E-state index contributed by atoms with van der Waals surface area (Å²) in [6, 6.07) is 12.1. The molecule has 0 spiro atoms. The zero-order chi connectivity index (χ0) is 22.3. The summed E-state index contributed by atoms with van der Waals surface area (Å²) >= 11 is 0. The standard InChI is InChI=1S/C25H30N6O/c1-20(19-31-25(26-2)24(18-28-31)21-7-9-27-10-8-21)22-5-4-6-23(17-22)32-16-15-30-13-11-29(3)12-14-30/h4-10,17-19H,2,11-16H2,1,3H3/b20-19+. The van der Waals surface area contributed by atoms with Gasteiger partial charge in [-0.15, -0.1) is 0 Å². The molecule has 32 heavy (non-hydrogen) atoms. The number of pyridine rings is 1. The van der Waals surface area contributed by atoms with Crippen molar-refractivity contribution in [3.63, 3.8) is 0 Å². The van der Waals surface area contributed by atoms with Crippen LogP contribution in [0.15, 0.2) is 60.0 Å². The summed E-state index contributed by atoms with van der Waals surface area (Å²) in [6.45, 7) is 11.9. The smallest absolute Gasteiger partial charge is 0.162 e. The van der Waals surface area contributed by atoms with Crippen molar-refractivity contribution in [3.8, 4) is 16.9 Å². The van der Waals surface area contributed by atoms with Gasteiger partial charge in [-0.05, 0) is 61.7 Å². The van der Waals surface area contributed by atoms with Crippen LogP contribution in [0.4, 0.5) is 5.82 Å². The van der Waals surface area contributed by atoms with Crippen molar-refractivity contribution >= 4 is 24.3 Å². The molecular formula is C25H30N6O. The number of hydrogen-bond donors (Lipinski definition) is 0. The Morgan fingerprint density at radius 3 is 2.69 bits per heavy atom. The lowest BCUT2D eigenvalue weighted by atomic mass is 10.1. The average Bonchev–Trinajstić information content (AvgIpc) is 3.23. The van der Waals surface area contributed by atoms with Gasteiger partial charge in [0.25, 0.3) is 0 Å². The first kappa shape index (κ1) is 21.9. The number of piperazine rings is 1. The first-order valence-corrected chi connectivity index (χ1v) is 10.9. The lowest BCUT2D eigenvalue weighted by Gasteiger charge is -2.32. The third kappa shape index (κ3) is 5.30. The number of nitrogens with zero attached hydrogens (tertiary/aromatic N) is 6. The van der Waals surface area contributed by atoms with Gasteiger partial charge in [0, 0.05) is 56.9 Å². The summed E-state index contributed by atoms with van der Waals surface area (Å²) in [5.74, 6) is 1.58. The Morgan fingerprint density at radius 1 is 1.16 bits per heavy atom. The van der Waals surface area contributed by atoms with E-state index in [9.17, 15) is 0 Å². The van der Waals surface area contributed by atoms with Crippen LogP contribution >= 0.6 is 0 Å². The van der Waals surface area contributed by atoms with Gasteiger partial charge in [0.2, 0.25) is 0 Å². The van der Waals surface area contributed by atoms with E-state index in [1.807, 2.05) is 30.5 Å². The molecule has 0 atom stereocenters. The second kappa shape index (κ2) is 10.3. The van der Waals surface area contributed by atoms with E-state index in [1.165, 1.54) is 0 Å². The van der Waals surface area contributed by atoms with Gasteiger partial charge in [-0.25, -0.2) is 9.67 Å². The van der Waals surface area contributed by atoms with Gasteiger partial charge >= 0.3 is 0 Å². The van der Waals surface area contributed by atoms with Crippen LogP contribution in [0, 0.1) is 0 Å². The van der Waals surface area contributed by atoms with Crippen molar-refractivity contribution in [2.45, 2.75) is 6.92 Å². The highest BCUT2D eigenvalue weighted by atomic mass is 16.5. The number of likely N-dealkylation sites (N-methyl/N-ethyl adjacent to an activating group) is 1. The third-order valence-electron chi connectivity index (χ3n) is 5.79. The molecule has 0 unspecified atom stereocenters. The summed E-state index contributed by atoms with van der Waals surface area (Å²) in [7, 11) is 2.17. The van der Waals surface area contributed by atoms with Gasteiger partial charge in [-0.3, -0.25) is 9.88 Å². The molecule has 1 aliphatic rings. The second-order valence-corrected chi connectivity index (χ2v) is 8.05. The molecule has 2 aromatic heterocycles. The minimum Gasteiger partial charge on any atom is -0.492 e. The fraction of sp³-hybridized carbons (Fsp3) is 0.320. The molecule has 4 rings (SSSR count). The predicted octanol–water partition coefficient (Wildman–Crippen LogP) is 3.92. The Bertz CT molecular complexity index is 1070. The molecule has 0 N–H and O–H groups in total. The predicted molar refractivity (Wildman–Crippen MR) is 130 cm³/mol. The molecule has 0 bridgehead atoms. The van der Waals surface area contributed by atoms with E-state index in [0.717, 1.165) is 60.7 Å². The molecule has 0 radical (unpaired) electrons. The summed E-state index contributed by atoms with van der Waals surface area (Å²) < 4.78 is 7.81. The number of aliphatic imine (C=N–C) groups is 1. The number of benzene rings is 1. The van der Waals surface area contributed by atoms with Gasteiger partial charge in [-0.2, -0.15) is 5.10 Å². The molecule has 0 amide bonds. The van der Waals surface area contributed by atoms with Crippen LogP contribution in [-0.4, -0.2) is 77.7 Å². The van der Waals surface area contributed by atoms with Crippen molar-refractivity contribution in [2.24, 2.45) is 4.99 Å². The van der Waals surface area contributed by atoms with Crippen LogP contribution < -0.4 is 4.74 Å². The Morgan fingerprint density at radius 2 is 1.94 bits per heavy atom. The van der Waals surface area contributed by atoms with E-state index in [2.05, 4.69) is 57.7 Å². The van der Waals surface area contributed by atoms with Crippen LogP contribution in [0.25, 0.3) is 22.9 Å². The highest BCUT2D eigenvalue weighted by molar-refractivity contribution is 5.79. The number of hydrogen-bond acceptors (Lipinski definition) is 6. The van der Waals surface area contributed by atoms with Crippen molar-refractivity contribution in [3.05, 3.63) is 60.6 Å². The maximum atomic E-state index is 6.04. The topological polar surface area (TPSA) is 58.8 Å². The van der Waals surface area contributed by atoms with E-state index in [-0.39, 0.29) is 0 Å². The quantitative estimate of drug-likeness (QED) is 0.507.